The monoisotopic (exact) mass is 254 g/mol. The molecule has 0 saturated heterocycles. The van der Waals surface area contributed by atoms with Crippen molar-refractivity contribution >= 4 is 5.97 Å². The smallest absolute Gasteiger partial charge is 0.385 e. The third kappa shape index (κ3) is 7.68. The number of esters is 1. The summed E-state index contributed by atoms with van der Waals surface area (Å²) in [7, 11) is 0. The van der Waals surface area contributed by atoms with E-state index < -0.39 is 5.97 Å². The summed E-state index contributed by atoms with van der Waals surface area (Å²) in [5.41, 5.74) is 0.796. The van der Waals surface area contributed by atoms with E-state index in [1.54, 1.807) is 0 Å². The summed E-state index contributed by atoms with van der Waals surface area (Å²) >= 11 is 0. The van der Waals surface area contributed by atoms with Gasteiger partial charge >= 0.3 is 5.97 Å². The van der Waals surface area contributed by atoms with E-state index in [-0.39, 0.29) is 6.61 Å². The minimum Gasteiger partial charge on any atom is -0.443 e. The van der Waals surface area contributed by atoms with Crippen molar-refractivity contribution in [2.45, 2.75) is 32.6 Å². The van der Waals surface area contributed by atoms with Crippen LogP contribution in [0.4, 0.5) is 0 Å². The lowest BCUT2D eigenvalue weighted by molar-refractivity contribution is -0.135. The summed E-state index contributed by atoms with van der Waals surface area (Å²) in [4.78, 5) is 11.3. The second-order valence-electron chi connectivity index (χ2n) is 4.00. The van der Waals surface area contributed by atoms with Gasteiger partial charge in [0.1, 0.15) is 0 Å². The van der Waals surface area contributed by atoms with Crippen LogP contribution >= 0.6 is 0 Å². The first-order chi connectivity index (χ1) is 9.33. The molecule has 0 heterocycles. The van der Waals surface area contributed by atoms with Crippen molar-refractivity contribution in [2.24, 2.45) is 0 Å². The summed E-state index contributed by atoms with van der Waals surface area (Å²) in [6, 6.07) is 9.33. The van der Waals surface area contributed by atoms with Gasteiger partial charge in [-0.05, 0) is 18.6 Å². The van der Waals surface area contributed by atoms with Gasteiger partial charge in [-0.3, -0.25) is 0 Å². The van der Waals surface area contributed by atoms with Crippen LogP contribution in [0, 0.1) is 23.7 Å². The fraction of sp³-hybridized carbons (Fsp3) is 0.353. The number of rotatable bonds is 4. The molecule has 0 fully saturated rings. The molecule has 2 nitrogen and oxygen atoms in total. The molecule has 0 unspecified atom stereocenters. The predicted molar refractivity (Wildman–Crippen MR) is 76.2 cm³/mol. The minimum absolute atomic E-state index is 0.119. The third-order valence-corrected chi connectivity index (χ3v) is 2.39. The molecular formula is C17H18O2. The molecule has 0 saturated carbocycles. The number of hydrogen-bond acceptors (Lipinski definition) is 2. The van der Waals surface area contributed by atoms with E-state index in [1.807, 2.05) is 30.3 Å². The molecule has 98 valence electrons. The average Bonchev–Trinajstić information content (AvgIpc) is 2.45. The van der Waals surface area contributed by atoms with Crippen molar-refractivity contribution in [1.82, 2.24) is 0 Å². The van der Waals surface area contributed by atoms with E-state index >= 15 is 0 Å². The molecule has 1 rings (SSSR count). The van der Waals surface area contributed by atoms with Gasteiger partial charge in [-0.25, -0.2) is 4.79 Å². The van der Waals surface area contributed by atoms with Gasteiger partial charge in [0, 0.05) is 17.9 Å². The highest BCUT2D eigenvalue weighted by Crippen LogP contribution is 1.96. The molecule has 19 heavy (non-hydrogen) atoms. The molecule has 1 aromatic rings. The molecule has 0 aliphatic carbocycles. The highest BCUT2D eigenvalue weighted by atomic mass is 16.5. The maximum atomic E-state index is 11.3. The van der Waals surface area contributed by atoms with Crippen molar-refractivity contribution in [3.63, 3.8) is 0 Å². The van der Waals surface area contributed by atoms with Crippen LogP contribution in [0.5, 0.6) is 0 Å². The van der Waals surface area contributed by atoms with E-state index in [1.165, 1.54) is 12.8 Å². The molecule has 0 aromatic heterocycles. The average molecular weight is 254 g/mol. The Morgan fingerprint density at radius 1 is 1.16 bits per heavy atom. The molecule has 0 radical (unpaired) electrons. The normalized spacial score (nSPS) is 8.68. The van der Waals surface area contributed by atoms with Crippen molar-refractivity contribution < 1.29 is 9.53 Å². The van der Waals surface area contributed by atoms with Gasteiger partial charge in [0.05, 0.1) is 0 Å². The number of ether oxygens (including phenoxy) is 1. The number of carbonyl (C=O) groups excluding carboxylic acids is 1. The van der Waals surface area contributed by atoms with Crippen LogP contribution in [0.15, 0.2) is 30.3 Å². The topological polar surface area (TPSA) is 26.3 Å². The van der Waals surface area contributed by atoms with Crippen molar-refractivity contribution in [3.8, 4) is 23.7 Å². The second-order valence-corrected chi connectivity index (χ2v) is 4.00. The number of benzene rings is 1. The Balaban J connectivity index is 2.24. The Hall–Kier alpha value is -2.19. The maximum Gasteiger partial charge on any atom is 0.385 e. The van der Waals surface area contributed by atoms with Crippen molar-refractivity contribution in [1.29, 1.82) is 0 Å². The third-order valence-electron chi connectivity index (χ3n) is 2.39. The van der Waals surface area contributed by atoms with Gasteiger partial charge in [0.15, 0.2) is 6.61 Å². The van der Waals surface area contributed by atoms with E-state index in [2.05, 4.69) is 30.6 Å². The molecule has 0 spiro atoms. The lowest BCUT2D eigenvalue weighted by atomic mass is 10.2. The largest absolute Gasteiger partial charge is 0.443 e. The summed E-state index contributed by atoms with van der Waals surface area (Å²) in [5, 5.41) is 0. The Morgan fingerprint density at radius 3 is 2.68 bits per heavy atom. The summed E-state index contributed by atoms with van der Waals surface area (Å²) < 4.78 is 4.88. The Labute approximate surface area is 115 Å². The lowest BCUT2D eigenvalue weighted by Gasteiger charge is -1.92. The molecule has 1 aromatic carbocycles. The molecule has 0 aliphatic heterocycles. The molecule has 0 atom stereocenters. The van der Waals surface area contributed by atoms with Crippen LogP contribution in [0.3, 0.4) is 0 Å². The zero-order valence-electron chi connectivity index (χ0n) is 11.2. The highest BCUT2D eigenvalue weighted by Gasteiger charge is 1.93. The van der Waals surface area contributed by atoms with E-state index in [4.69, 9.17) is 4.74 Å². The van der Waals surface area contributed by atoms with Crippen molar-refractivity contribution in [2.75, 3.05) is 6.61 Å². The second kappa shape index (κ2) is 9.80. The van der Waals surface area contributed by atoms with Crippen molar-refractivity contribution in [3.05, 3.63) is 35.9 Å². The van der Waals surface area contributed by atoms with Crippen LogP contribution in [0.2, 0.25) is 0 Å². The van der Waals surface area contributed by atoms with Gasteiger partial charge in [-0.15, -0.1) is 0 Å². The van der Waals surface area contributed by atoms with Gasteiger partial charge in [0.2, 0.25) is 0 Å². The van der Waals surface area contributed by atoms with E-state index in [9.17, 15) is 4.79 Å². The number of unbranched alkanes of at least 4 members (excludes halogenated alkanes) is 3. The van der Waals surface area contributed by atoms with Crippen LogP contribution in [-0.2, 0) is 9.53 Å². The SMILES string of the molecule is CCCCCC#CCOC(=O)C#Cc1ccccc1. The molecular weight excluding hydrogens is 236 g/mol. The Bertz CT molecular complexity index is 495. The molecule has 0 N–H and O–H groups in total. The van der Waals surface area contributed by atoms with Crippen LogP contribution < -0.4 is 0 Å². The maximum absolute atomic E-state index is 11.3. The summed E-state index contributed by atoms with van der Waals surface area (Å²) in [5.74, 6) is 10.4. The van der Waals surface area contributed by atoms with Crippen LogP contribution in [-0.4, -0.2) is 12.6 Å². The van der Waals surface area contributed by atoms with Gasteiger partial charge in [0.25, 0.3) is 0 Å². The summed E-state index contributed by atoms with van der Waals surface area (Å²) in [6.07, 6.45) is 4.34. The summed E-state index contributed by atoms with van der Waals surface area (Å²) in [6.45, 7) is 2.27. The van der Waals surface area contributed by atoms with E-state index in [0.29, 0.717) is 0 Å². The number of carbonyl (C=O) groups is 1. The number of hydrogen-bond donors (Lipinski definition) is 0. The Kier molecular flexibility index (Phi) is 7.67. The Morgan fingerprint density at radius 2 is 1.95 bits per heavy atom. The standard InChI is InChI=1S/C17H18O2/c1-2-3-4-5-6-10-15-19-17(18)14-13-16-11-8-7-9-12-16/h7-9,11-12H,2-5,15H2,1H3. The first-order valence-electron chi connectivity index (χ1n) is 6.52. The van der Waals surface area contributed by atoms with Gasteiger partial charge < -0.3 is 4.74 Å². The highest BCUT2D eigenvalue weighted by molar-refractivity contribution is 5.89. The fourth-order valence-electron chi connectivity index (χ4n) is 1.39. The lowest BCUT2D eigenvalue weighted by Crippen LogP contribution is -2.01. The first kappa shape index (κ1) is 14.9. The van der Waals surface area contributed by atoms with Gasteiger partial charge in [-0.2, -0.15) is 0 Å². The molecule has 0 bridgehead atoms. The molecule has 0 amide bonds. The quantitative estimate of drug-likeness (QED) is 0.468. The fourth-order valence-corrected chi connectivity index (χ4v) is 1.39. The first-order valence-corrected chi connectivity index (χ1v) is 6.52. The minimum atomic E-state index is -0.535. The molecule has 2 heteroatoms. The zero-order chi connectivity index (χ0) is 13.8. The molecule has 0 aliphatic rings. The van der Waals surface area contributed by atoms with Gasteiger partial charge in [-0.1, -0.05) is 55.7 Å². The zero-order valence-corrected chi connectivity index (χ0v) is 11.2. The van der Waals surface area contributed by atoms with E-state index in [0.717, 1.165) is 18.4 Å². The predicted octanol–water partition coefficient (Wildman–Crippen LogP) is 3.17. The van der Waals surface area contributed by atoms with Crippen LogP contribution in [0.25, 0.3) is 0 Å². The van der Waals surface area contributed by atoms with Crippen LogP contribution in [0.1, 0.15) is 38.2 Å².